The van der Waals surface area contributed by atoms with E-state index in [1.54, 1.807) is 18.7 Å². The second-order valence-electron chi connectivity index (χ2n) is 10.6. The highest BCUT2D eigenvalue weighted by Crippen LogP contribution is 2.26. The van der Waals surface area contributed by atoms with Crippen LogP contribution in [0.25, 0.3) is 0 Å². The highest BCUT2D eigenvalue weighted by molar-refractivity contribution is 5.55. The molecule has 0 aliphatic rings. The maximum absolute atomic E-state index is 4.25. The van der Waals surface area contributed by atoms with Crippen molar-refractivity contribution >= 4 is 17.3 Å². The predicted octanol–water partition coefficient (Wildman–Crippen LogP) is 6.91. The summed E-state index contributed by atoms with van der Waals surface area (Å²) < 4.78 is 3.85. The molecule has 0 amide bonds. The van der Waals surface area contributed by atoms with Crippen molar-refractivity contribution in [1.82, 2.24) is 19.1 Å². The van der Waals surface area contributed by atoms with Crippen LogP contribution in [0.15, 0.2) is 79.6 Å². The summed E-state index contributed by atoms with van der Waals surface area (Å²) in [7, 11) is 5.86. The van der Waals surface area contributed by atoms with Crippen molar-refractivity contribution < 1.29 is 0 Å². The number of nitrogens with zero attached hydrogens (tertiary/aromatic N) is 4. The number of hydrogen-bond acceptors (Lipinski definition) is 4. The van der Waals surface area contributed by atoms with Crippen molar-refractivity contribution in [3.8, 4) is 0 Å². The van der Waals surface area contributed by atoms with Gasteiger partial charge >= 0.3 is 0 Å². The summed E-state index contributed by atoms with van der Waals surface area (Å²) in [5.74, 6) is 0.857. The molecule has 0 aliphatic heterocycles. The maximum Gasteiger partial charge on any atom is 0.207 e. The van der Waals surface area contributed by atoms with Gasteiger partial charge in [0.25, 0.3) is 0 Å². The van der Waals surface area contributed by atoms with Gasteiger partial charge in [0.05, 0.1) is 6.33 Å². The van der Waals surface area contributed by atoms with Crippen LogP contribution in [0.3, 0.4) is 0 Å². The first-order valence-electron chi connectivity index (χ1n) is 12.0. The fraction of sp³-hybridized carbons (Fsp3) is 0.379. The molecule has 2 aromatic carbocycles. The standard InChI is InChI=1S/C14H19N3.C11H17N.C4H6N2/c1-14(2,3)11-6-5-7-12(10-11)16-13-15-8-9-17(13)4;1-11(2,3)9-6-5-7-10(8-9)12-4;1-6-3-2-5-4-6/h5-10H,1-4H3,(H,15,16);5-8,12H,1-4H3;2-4H,1H3. The fourth-order valence-corrected chi connectivity index (χ4v) is 3.15. The van der Waals surface area contributed by atoms with Gasteiger partial charge in [-0.15, -0.1) is 0 Å². The van der Waals surface area contributed by atoms with E-state index in [4.69, 9.17) is 0 Å². The number of anilines is 3. The lowest BCUT2D eigenvalue weighted by Crippen LogP contribution is -2.11. The molecule has 6 nitrogen and oxygen atoms in total. The third-order valence-corrected chi connectivity index (χ3v) is 5.46. The number of aromatic nitrogens is 4. The van der Waals surface area contributed by atoms with Gasteiger partial charge in [0.2, 0.25) is 5.95 Å². The van der Waals surface area contributed by atoms with Crippen LogP contribution in [-0.2, 0) is 24.9 Å². The van der Waals surface area contributed by atoms with E-state index in [0.717, 1.165) is 11.6 Å². The van der Waals surface area contributed by atoms with Crippen molar-refractivity contribution in [3.63, 3.8) is 0 Å². The molecular weight excluding hydrogens is 432 g/mol. The second kappa shape index (κ2) is 12.2. The monoisotopic (exact) mass is 474 g/mol. The van der Waals surface area contributed by atoms with Gasteiger partial charge in [-0.3, -0.25) is 0 Å². The van der Waals surface area contributed by atoms with Gasteiger partial charge in [-0.25, -0.2) is 9.97 Å². The predicted molar refractivity (Wildman–Crippen MR) is 150 cm³/mol. The number of imidazole rings is 2. The van der Waals surface area contributed by atoms with E-state index < -0.39 is 0 Å². The van der Waals surface area contributed by atoms with E-state index in [9.17, 15) is 0 Å². The molecule has 0 unspecified atom stereocenters. The van der Waals surface area contributed by atoms with Gasteiger partial charge in [-0.2, -0.15) is 0 Å². The summed E-state index contributed by atoms with van der Waals surface area (Å²) in [5.41, 5.74) is 5.35. The molecule has 188 valence electrons. The van der Waals surface area contributed by atoms with Crippen LogP contribution in [0.1, 0.15) is 52.7 Å². The Morgan fingerprint density at radius 1 is 0.743 bits per heavy atom. The molecule has 2 aromatic heterocycles. The third-order valence-electron chi connectivity index (χ3n) is 5.46. The fourth-order valence-electron chi connectivity index (χ4n) is 3.15. The minimum absolute atomic E-state index is 0.166. The minimum atomic E-state index is 0.166. The zero-order valence-corrected chi connectivity index (χ0v) is 22.8. The van der Waals surface area contributed by atoms with Crippen LogP contribution in [0.5, 0.6) is 0 Å². The van der Waals surface area contributed by atoms with Crippen molar-refractivity contribution in [2.24, 2.45) is 14.1 Å². The Hall–Kier alpha value is -3.54. The molecule has 0 radical (unpaired) electrons. The van der Waals surface area contributed by atoms with Crippen molar-refractivity contribution in [2.75, 3.05) is 17.7 Å². The summed E-state index contributed by atoms with van der Waals surface area (Å²) in [4.78, 5) is 8.04. The normalized spacial score (nSPS) is 11.0. The molecule has 2 heterocycles. The summed E-state index contributed by atoms with van der Waals surface area (Å²) in [6, 6.07) is 17.0. The molecule has 0 fully saturated rings. The van der Waals surface area contributed by atoms with E-state index in [-0.39, 0.29) is 10.8 Å². The second-order valence-corrected chi connectivity index (χ2v) is 10.6. The Balaban J connectivity index is 0.000000207. The first-order valence-corrected chi connectivity index (χ1v) is 12.0. The average molecular weight is 475 g/mol. The molecule has 0 saturated heterocycles. The quantitative estimate of drug-likeness (QED) is 0.339. The van der Waals surface area contributed by atoms with Gasteiger partial charge < -0.3 is 19.8 Å². The van der Waals surface area contributed by atoms with Gasteiger partial charge in [0.1, 0.15) is 0 Å². The molecule has 0 atom stereocenters. The summed E-state index contributed by atoms with van der Waals surface area (Å²) in [6.07, 6.45) is 9.10. The minimum Gasteiger partial charge on any atom is -0.388 e. The Morgan fingerprint density at radius 2 is 1.31 bits per heavy atom. The average Bonchev–Trinajstić information content (AvgIpc) is 3.45. The number of benzene rings is 2. The SMILES string of the molecule is CNc1cccc(C(C)(C)C)c1.Cn1ccnc1.Cn1ccnc1Nc1cccc(C(C)(C)C)c1. The van der Waals surface area contributed by atoms with Gasteiger partial charge in [0, 0.05) is 57.3 Å². The topological polar surface area (TPSA) is 59.7 Å². The molecule has 0 saturated carbocycles. The van der Waals surface area contributed by atoms with Crippen LogP contribution in [0, 0.1) is 0 Å². The van der Waals surface area contributed by atoms with Gasteiger partial charge in [0.15, 0.2) is 0 Å². The first kappa shape index (κ1) is 27.7. The van der Waals surface area contributed by atoms with Crippen molar-refractivity contribution in [2.45, 2.75) is 52.4 Å². The largest absolute Gasteiger partial charge is 0.388 e. The zero-order chi connectivity index (χ0) is 26.1. The lowest BCUT2D eigenvalue weighted by molar-refractivity contribution is 0.590. The lowest BCUT2D eigenvalue weighted by atomic mass is 9.87. The summed E-state index contributed by atoms with van der Waals surface area (Å²) in [6.45, 7) is 13.3. The molecule has 0 spiro atoms. The molecule has 4 aromatic rings. The summed E-state index contributed by atoms with van der Waals surface area (Å²) >= 11 is 0. The van der Waals surface area contributed by atoms with Crippen LogP contribution in [-0.4, -0.2) is 26.1 Å². The molecule has 0 aliphatic carbocycles. The van der Waals surface area contributed by atoms with Crippen LogP contribution >= 0.6 is 0 Å². The van der Waals surface area contributed by atoms with Gasteiger partial charge in [-0.1, -0.05) is 65.8 Å². The van der Waals surface area contributed by atoms with Crippen LogP contribution < -0.4 is 10.6 Å². The number of rotatable bonds is 3. The van der Waals surface area contributed by atoms with Crippen molar-refractivity contribution in [1.29, 1.82) is 0 Å². The maximum atomic E-state index is 4.25. The van der Waals surface area contributed by atoms with E-state index in [2.05, 4.69) is 111 Å². The summed E-state index contributed by atoms with van der Waals surface area (Å²) in [5, 5.41) is 6.46. The first-order chi connectivity index (χ1) is 16.4. The lowest BCUT2D eigenvalue weighted by Gasteiger charge is -2.20. The Kier molecular flexibility index (Phi) is 9.69. The highest BCUT2D eigenvalue weighted by Gasteiger charge is 2.14. The van der Waals surface area contributed by atoms with E-state index in [0.29, 0.717) is 0 Å². The number of aryl methyl sites for hydroxylation is 2. The molecule has 4 rings (SSSR count). The Labute approximate surface area is 211 Å². The number of nitrogens with one attached hydrogen (secondary N) is 2. The molecule has 35 heavy (non-hydrogen) atoms. The van der Waals surface area contributed by atoms with Gasteiger partial charge in [-0.05, 0) is 46.2 Å². The van der Waals surface area contributed by atoms with Crippen LogP contribution in [0.4, 0.5) is 17.3 Å². The Morgan fingerprint density at radius 3 is 1.71 bits per heavy atom. The molecule has 2 N–H and O–H groups in total. The molecule has 6 heteroatoms. The highest BCUT2D eigenvalue weighted by atomic mass is 15.2. The number of hydrogen-bond donors (Lipinski definition) is 2. The van der Waals surface area contributed by atoms with Crippen LogP contribution in [0.2, 0.25) is 0 Å². The molecule has 0 bridgehead atoms. The van der Waals surface area contributed by atoms with E-state index in [1.807, 2.05) is 42.7 Å². The van der Waals surface area contributed by atoms with E-state index in [1.165, 1.54) is 16.8 Å². The smallest absolute Gasteiger partial charge is 0.207 e. The van der Waals surface area contributed by atoms with E-state index >= 15 is 0 Å². The third kappa shape index (κ3) is 9.32. The molecular formula is C29H42N6. The zero-order valence-electron chi connectivity index (χ0n) is 22.8. The Bertz CT molecular complexity index is 1140. The van der Waals surface area contributed by atoms with Crippen molar-refractivity contribution in [3.05, 3.63) is 90.8 Å².